The monoisotopic (exact) mass is 270 g/mol. The number of carboxylic acid groups (broad SMARTS) is 1. The molecule has 0 radical (unpaired) electrons. The molecule has 1 atom stereocenters. The predicted molar refractivity (Wildman–Crippen MR) is 68.5 cm³/mol. The molecule has 18 heavy (non-hydrogen) atoms. The quantitative estimate of drug-likeness (QED) is 0.679. The zero-order valence-corrected chi connectivity index (χ0v) is 10.7. The number of hydrogen-bond acceptors (Lipinski definition) is 3. The van der Waals surface area contributed by atoms with Crippen molar-refractivity contribution in [2.75, 3.05) is 13.1 Å². The summed E-state index contributed by atoms with van der Waals surface area (Å²) < 4.78 is 0. The van der Waals surface area contributed by atoms with Crippen molar-refractivity contribution >= 4 is 23.5 Å². The Kier molecular flexibility index (Phi) is 5.61. The number of benzene rings is 1. The van der Waals surface area contributed by atoms with Gasteiger partial charge in [-0.25, -0.2) is 0 Å². The third-order valence-corrected chi connectivity index (χ3v) is 2.55. The third kappa shape index (κ3) is 4.73. The summed E-state index contributed by atoms with van der Waals surface area (Å²) in [6.45, 7) is 2.17. The van der Waals surface area contributed by atoms with Gasteiger partial charge in [-0.05, 0) is 17.7 Å². The van der Waals surface area contributed by atoms with Crippen molar-refractivity contribution in [1.82, 2.24) is 10.6 Å². The summed E-state index contributed by atoms with van der Waals surface area (Å²) in [6.07, 6.45) is 0. The lowest BCUT2D eigenvalue weighted by Gasteiger charge is -2.15. The Morgan fingerprint density at radius 2 is 1.89 bits per heavy atom. The molecule has 1 aromatic carbocycles. The molecule has 5 nitrogen and oxygen atoms in total. The molecule has 1 aromatic rings. The molecule has 0 aliphatic carbocycles. The number of halogens is 1. The fourth-order valence-electron chi connectivity index (χ4n) is 1.46. The van der Waals surface area contributed by atoms with Gasteiger partial charge in [0.2, 0.25) is 5.91 Å². The number of rotatable bonds is 6. The average Bonchev–Trinajstić information content (AvgIpc) is 2.30. The SMILES string of the molecule is CC(=O)NCCNC(C(=O)O)c1ccc(Cl)cc1. The number of amides is 1. The Bertz CT molecular complexity index is 420. The van der Waals surface area contributed by atoms with Crippen LogP contribution in [0.2, 0.25) is 5.02 Å². The molecule has 0 saturated heterocycles. The fourth-order valence-corrected chi connectivity index (χ4v) is 1.58. The van der Waals surface area contributed by atoms with Gasteiger partial charge in [-0.2, -0.15) is 0 Å². The summed E-state index contributed by atoms with van der Waals surface area (Å²) >= 11 is 5.74. The summed E-state index contributed by atoms with van der Waals surface area (Å²) in [5.74, 6) is -1.12. The van der Waals surface area contributed by atoms with Crippen LogP contribution in [-0.4, -0.2) is 30.1 Å². The van der Waals surface area contributed by atoms with E-state index in [1.807, 2.05) is 0 Å². The van der Waals surface area contributed by atoms with Crippen LogP contribution in [0.15, 0.2) is 24.3 Å². The minimum Gasteiger partial charge on any atom is -0.480 e. The van der Waals surface area contributed by atoms with E-state index in [9.17, 15) is 9.59 Å². The molecule has 3 N–H and O–H groups in total. The van der Waals surface area contributed by atoms with Crippen LogP contribution in [-0.2, 0) is 9.59 Å². The highest BCUT2D eigenvalue weighted by atomic mass is 35.5. The molecule has 0 aliphatic heterocycles. The molecule has 1 amide bonds. The van der Waals surface area contributed by atoms with Crippen LogP contribution in [0.25, 0.3) is 0 Å². The maximum Gasteiger partial charge on any atom is 0.325 e. The first kappa shape index (κ1) is 14.5. The maximum atomic E-state index is 11.1. The molecule has 6 heteroatoms. The van der Waals surface area contributed by atoms with Crippen LogP contribution in [0.3, 0.4) is 0 Å². The number of carbonyl (C=O) groups is 2. The lowest BCUT2D eigenvalue weighted by molar-refractivity contribution is -0.139. The zero-order chi connectivity index (χ0) is 13.5. The van der Waals surface area contributed by atoms with E-state index >= 15 is 0 Å². The van der Waals surface area contributed by atoms with E-state index in [0.29, 0.717) is 23.7 Å². The second-order valence-corrected chi connectivity index (χ2v) is 4.20. The smallest absolute Gasteiger partial charge is 0.325 e. The van der Waals surface area contributed by atoms with Crippen LogP contribution < -0.4 is 10.6 Å². The average molecular weight is 271 g/mol. The van der Waals surface area contributed by atoms with Crippen molar-refractivity contribution < 1.29 is 14.7 Å². The Labute approximate surface area is 110 Å². The number of carboxylic acids is 1. The Hall–Kier alpha value is -1.59. The van der Waals surface area contributed by atoms with Gasteiger partial charge < -0.3 is 10.4 Å². The Balaban J connectivity index is 2.57. The van der Waals surface area contributed by atoms with Gasteiger partial charge in [0.1, 0.15) is 6.04 Å². The highest BCUT2D eigenvalue weighted by Crippen LogP contribution is 2.16. The fraction of sp³-hybridized carbons (Fsp3) is 0.333. The largest absolute Gasteiger partial charge is 0.480 e. The van der Waals surface area contributed by atoms with Crippen LogP contribution in [0.4, 0.5) is 0 Å². The van der Waals surface area contributed by atoms with Crippen molar-refractivity contribution in [3.8, 4) is 0 Å². The van der Waals surface area contributed by atoms with Gasteiger partial charge in [0.25, 0.3) is 0 Å². The van der Waals surface area contributed by atoms with Gasteiger partial charge in [0.15, 0.2) is 0 Å². The molecule has 1 unspecified atom stereocenters. The lowest BCUT2D eigenvalue weighted by Crippen LogP contribution is -2.35. The van der Waals surface area contributed by atoms with E-state index < -0.39 is 12.0 Å². The van der Waals surface area contributed by atoms with E-state index in [4.69, 9.17) is 16.7 Å². The summed E-state index contributed by atoms with van der Waals surface area (Å²) in [4.78, 5) is 21.8. The van der Waals surface area contributed by atoms with Crippen LogP contribution in [0.1, 0.15) is 18.5 Å². The van der Waals surface area contributed by atoms with Gasteiger partial charge in [-0.15, -0.1) is 0 Å². The minimum absolute atomic E-state index is 0.143. The van der Waals surface area contributed by atoms with Crippen LogP contribution in [0.5, 0.6) is 0 Å². The number of nitrogens with one attached hydrogen (secondary N) is 2. The molecular weight excluding hydrogens is 256 g/mol. The van der Waals surface area contributed by atoms with E-state index in [1.54, 1.807) is 24.3 Å². The standard InChI is InChI=1S/C12H15ClN2O3/c1-8(16)14-6-7-15-11(12(17)18)9-2-4-10(13)5-3-9/h2-5,11,15H,6-7H2,1H3,(H,14,16)(H,17,18). The molecule has 0 fully saturated rings. The Morgan fingerprint density at radius 3 is 2.39 bits per heavy atom. The van der Waals surface area contributed by atoms with Crippen molar-refractivity contribution in [2.45, 2.75) is 13.0 Å². The number of hydrogen-bond donors (Lipinski definition) is 3. The zero-order valence-electron chi connectivity index (χ0n) is 9.94. The first-order chi connectivity index (χ1) is 8.50. The highest BCUT2D eigenvalue weighted by Gasteiger charge is 2.18. The molecule has 1 rings (SSSR count). The molecule has 0 aromatic heterocycles. The second-order valence-electron chi connectivity index (χ2n) is 3.76. The van der Waals surface area contributed by atoms with Crippen molar-refractivity contribution in [3.63, 3.8) is 0 Å². The van der Waals surface area contributed by atoms with E-state index in [0.717, 1.165) is 0 Å². The minimum atomic E-state index is -0.972. The van der Waals surface area contributed by atoms with E-state index in [-0.39, 0.29) is 5.91 Å². The van der Waals surface area contributed by atoms with Gasteiger partial charge >= 0.3 is 5.97 Å². The molecule has 0 spiro atoms. The topological polar surface area (TPSA) is 78.4 Å². The maximum absolute atomic E-state index is 11.1. The summed E-state index contributed by atoms with van der Waals surface area (Å²) in [5.41, 5.74) is 0.620. The van der Waals surface area contributed by atoms with Crippen LogP contribution >= 0.6 is 11.6 Å². The van der Waals surface area contributed by atoms with Crippen molar-refractivity contribution in [1.29, 1.82) is 0 Å². The van der Waals surface area contributed by atoms with Crippen LogP contribution in [0, 0.1) is 0 Å². The summed E-state index contributed by atoms with van der Waals surface area (Å²) in [7, 11) is 0. The predicted octanol–water partition coefficient (Wildman–Crippen LogP) is 1.19. The third-order valence-electron chi connectivity index (χ3n) is 2.30. The molecule has 0 saturated carbocycles. The highest BCUT2D eigenvalue weighted by molar-refractivity contribution is 6.30. The number of aliphatic carboxylic acids is 1. The van der Waals surface area contributed by atoms with E-state index in [2.05, 4.69) is 10.6 Å². The molecule has 0 heterocycles. The van der Waals surface area contributed by atoms with Gasteiger partial charge in [0, 0.05) is 25.0 Å². The second kappa shape index (κ2) is 6.98. The van der Waals surface area contributed by atoms with Crippen molar-refractivity contribution in [2.24, 2.45) is 0 Å². The molecule has 0 aliphatic rings. The van der Waals surface area contributed by atoms with Gasteiger partial charge in [-0.1, -0.05) is 23.7 Å². The summed E-state index contributed by atoms with van der Waals surface area (Å²) in [5, 5.41) is 15.1. The normalized spacial score (nSPS) is 11.9. The first-order valence-corrected chi connectivity index (χ1v) is 5.84. The first-order valence-electron chi connectivity index (χ1n) is 5.47. The number of carbonyl (C=O) groups excluding carboxylic acids is 1. The van der Waals surface area contributed by atoms with E-state index in [1.165, 1.54) is 6.92 Å². The molecular formula is C12H15ClN2O3. The van der Waals surface area contributed by atoms with Crippen molar-refractivity contribution in [3.05, 3.63) is 34.9 Å². The van der Waals surface area contributed by atoms with Gasteiger partial charge in [-0.3, -0.25) is 14.9 Å². The summed E-state index contributed by atoms with van der Waals surface area (Å²) in [6, 6.07) is 5.79. The van der Waals surface area contributed by atoms with Gasteiger partial charge in [0.05, 0.1) is 0 Å². The Morgan fingerprint density at radius 1 is 1.28 bits per heavy atom. The molecule has 0 bridgehead atoms. The molecule has 98 valence electrons. The lowest BCUT2D eigenvalue weighted by atomic mass is 10.1.